The molecule has 1 heterocycles. The second-order valence-corrected chi connectivity index (χ2v) is 7.80. The van der Waals surface area contributed by atoms with E-state index in [1.807, 2.05) is 18.2 Å². The minimum atomic E-state index is -0.167. The first-order valence-electron chi connectivity index (χ1n) is 10.3. The Morgan fingerprint density at radius 2 is 1.63 bits per heavy atom. The molecule has 1 unspecified atom stereocenters. The number of imidazole rings is 1. The van der Waals surface area contributed by atoms with Gasteiger partial charge in [0, 0.05) is 6.54 Å². The molecule has 0 bridgehead atoms. The zero-order valence-electron chi connectivity index (χ0n) is 17.2. The molecular formula is C27H24N2O. The highest BCUT2D eigenvalue weighted by Crippen LogP contribution is 2.27. The van der Waals surface area contributed by atoms with Gasteiger partial charge in [0.25, 0.3) is 0 Å². The van der Waals surface area contributed by atoms with Crippen LogP contribution < -0.4 is 4.74 Å². The highest BCUT2D eigenvalue weighted by atomic mass is 16.5. The van der Waals surface area contributed by atoms with Crippen LogP contribution in [0.15, 0.2) is 91.0 Å². The molecule has 148 valence electrons. The van der Waals surface area contributed by atoms with Gasteiger partial charge < -0.3 is 9.30 Å². The van der Waals surface area contributed by atoms with Crippen LogP contribution in [0.5, 0.6) is 5.75 Å². The first kappa shape index (κ1) is 18.4. The molecule has 3 heteroatoms. The summed E-state index contributed by atoms with van der Waals surface area (Å²) in [6.07, 6.45) is -0.167. The van der Waals surface area contributed by atoms with E-state index >= 15 is 0 Å². The highest BCUT2D eigenvalue weighted by molar-refractivity contribution is 5.83. The first-order valence-corrected chi connectivity index (χ1v) is 10.3. The van der Waals surface area contributed by atoms with Crippen LogP contribution in [0.2, 0.25) is 0 Å². The van der Waals surface area contributed by atoms with Crippen LogP contribution in [-0.4, -0.2) is 9.55 Å². The maximum absolute atomic E-state index is 6.28. The van der Waals surface area contributed by atoms with Gasteiger partial charge in [-0.05, 0) is 66.1 Å². The molecule has 0 aliphatic heterocycles. The maximum Gasteiger partial charge on any atom is 0.153 e. The van der Waals surface area contributed by atoms with Crippen LogP contribution in [0.4, 0.5) is 0 Å². The van der Waals surface area contributed by atoms with Gasteiger partial charge in [0.1, 0.15) is 5.75 Å². The summed E-state index contributed by atoms with van der Waals surface area (Å²) >= 11 is 0. The second kappa shape index (κ2) is 7.68. The van der Waals surface area contributed by atoms with Crippen molar-refractivity contribution in [3.8, 4) is 5.75 Å². The minimum Gasteiger partial charge on any atom is -0.483 e. The quantitative estimate of drug-likeness (QED) is 0.333. The smallest absolute Gasteiger partial charge is 0.153 e. The standard InChI is InChI=1S/C27H24N2O/c1-19-8-7-11-24(16-19)30-20(2)27-28-25-12-5-6-13-26(25)29(27)18-21-14-15-22-9-3-4-10-23(22)17-21/h3-17,20H,18H2,1-2H3. The summed E-state index contributed by atoms with van der Waals surface area (Å²) < 4.78 is 8.55. The largest absolute Gasteiger partial charge is 0.483 e. The number of hydrogen-bond donors (Lipinski definition) is 0. The van der Waals surface area contributed by atoms with Gasteiger partial charge in [-0.15, -0.1) is 0 Å². The van der Waals surface area contributed by atoms with E-state index in [9.17, 15) is 0 Å². The van der Waals surface area contributed by atoms with E-state index < -0.39 is 0 Å². The molecule has 1 aromatic heterocycles. The first-order chi connectivity index (χ1) is 14.7. The molecule has 1 atom stereocenters. The monoisotopic (exact) mass is 392 g/mol. The number of nitrogens with zero attached hydrogens (tertiary/aromatic N) is 2. The Balaban J connectivity index is 1.54. The minimum absolute atomic E-state index is 0.167. The van der Waals surface area contributed by atoms with Gasteiger partial charge in [-0.3, -0.25) is 0 Å². The highest BCUT2D eigenvalue weighted by Gasteiger charge is 2.18. The normalized spacial score (nSPS) is 12.3. The maximum atomic E-state index is 6.28. The third-order valence-corrected chi connectivity index (χ3v) is 5.50. The van der Waals surface area contributed by atoms with E-state index in [1.54, 1.807) is 0 Å². The molecule has 0 radical (unpaired) electrons. The van der Waals surface area contributed by atoms with Gasteiger partial charge in [-0.2, -0.15) is 0 Å². The van der Waals surface area contributed by atoms with Gasteiger partial charge >= 0.3 is 0 Å². The third-order valence-electron chi connectivity index (χ3n) is 5.50. The van der Waals surface area contributed by atoms with Crippen LogP contribution in [0, 0.1) is 6.92 Å². The Morgan fingerprint density at radius 3 is 2.50 bits per heavy atom. The SMILES string of the molecule is Cc1cccc(OC(C)c2nc3ccccc3n2Cc2ccc3ccccc3c2)c1. The summed E-state index contributed by atoms with van der Waals surface area (Å²) in [6.45, 7) is 4.90. The average molecular weight is 393 g/mol. The lowest BCUT2D eigenvalue weighted by molar-refractivity contribution is 0.212. The summed E-state index contributed by atoms with van der Waals surface area (Å²) in [6, 6.07) is 31.6. The van der Waals surface area contributed by atoms with Gasteiger partial charge in [0.05, 0.1) is 11.0 Å². The lowest BCUT2D eigenvalue weighted by Crippen LogP contribution is -2.12. The van der Waals surface area contributed by atoms with Crippen molar-refractivity contribution in [2.75, 3.05) is 0 Å². The number of rotatable bonds is 5. The van der Waals surface area contributed by atoms with E-state index in [1.165, 1.54) is 21.9 Å². The number of aryl methyl sites for hydroxylation is 1. The van der Waals surface area contributed by atoms with Crippen molar-refractivity contribution >= 4 is 21.8 Å². The fourth-order valence-corrected chi connectivity index (χ4v) is 4.04. The van der Waals surface area contributed by atoms with E-state index in [0.29, 0.717) is 0 Å². The molecule has 0 N–H and O–H groups in total. The molecule has 5 rings (SSSR count). The molecule has 0 saturated carbocycles. The van der Waals surface area contributed by atoms with Crippen molar-refractivity contribution in [2.24, 2.45) is 0 Å². The summed E-state index contributed by atoms with van der Waals surface area (Å²) in [7, 11) is 0. The lowest BCUT2D eigenvalue weighted by Gasteiger charge is -2.17. The molecule has 0 amide bonds. The number of benzene rings is 4. The lowest BCUT2D eigenvalue weighted by atomic mass is 10.1. The van der Waals surface area contributed by atoms with Crippen molar-refractivity contribution in [2.45, 2.75) is 26.5 Å². The Bertz CT molecular complexity index is 1340. The number of hydrogen-bond acceptors (Lipinski definition) is 2. The molecule has 0 aliphatic rings. The van der Waals surface area contributed by atoms with Gasteiger partial charge in [-0.25, -0.2) is 4.98 Å². The predicted molar refractivity (Wildman–Crippen MR) is 123 cm³/mol. The predicted octanol–water partition coefficient (Wildman–Crippen LogP) is 6.69. The molecule has 0 saturated heterocycles. The zero-order valence-corrected chi connectivity index (χ0v) is 17.2. The van der Waals surface area contributed by atoms with Crippen LogP contribution in [0.3, 0.4) is 0 Å². The number of aromatic nitrogens is 2. The fraction of sp³-hybridized carbons (Fsp3) is 0.148. The molecular weight excluding hydrogens is 368 g/mol. The molecule has 5 aromatic rings. The summed E-state index contributed by atoms with van der Waals surface area (Å²) in [5.41, 5.74) is 4.55. The Hall–Kier alpha value is -3.59. The summed E-state index contributed by atoms with van der Waals surface area (Å²) in [5, 5.41) is 2.51. The number of ether oxygens (including phenoxy) is 1. The average Bonchev–Trinajstić information content (AvgIpc) is 3.12. The van der Waals surface area contributed by atoms with Crippen LogP contribution in [-0.2, 0) is 6.54 Å². The second-order valence-electron chi connectivity index (χ2n) is 7.80. The molecule has 0 aliphatic carbocycles. The van der Waals surface area contributed by atoms with Crippen LogP contribution >= 0.6 is 0 Å². The molecule has 4 aromatic carbocycles. The van der Waals surface area contributed by atoms with Crippen molar-refractivity contribution < 1.29 is 4.74 Å². The van der Waals surface area contributed by atoms with E-state index in [0.717, 1.165) is 29.2 Å². The number of para-hydroxylation sites is 2. The Kier molecular flexibility index (Phi) is 4.72. The van der Waals surface area contributed by atoms with Gasteiger partial charge in [0.15, 0.2) is 11.9 Å². The van der Waals surface area contributed by atoms with Gasteiger partial charge in [0.2, 0.25) is 0 Å². The summed E-state index contributed by atoms with van der Waals surface area (Å²) in [5.74, 6) is 1.80. The fourth-order valence-electron chi connectivity index (χ4n) is 4.04. The van der Waals surface area contributed by atoms with Crippen molar-refractivity contribution in [3.05, 3.63) is 108 Å². The molecule has 0 fully saturated rings. The van der Waals surface area contributed by atoms with E-state index in [-0.39, 0.29) is 6.10 Å². The van der Waals surface area contributed by atoms with Crippen molar-refractivity contribution in [3.63, 3.8) is 0 Å². The van der Waals surface area contributed by atoms with Crippen molar-refractivity contribution in [1.29, 1.82) is 0 Å². The molecule has 3 nitrogen and oxygen atoms in total. The Labute approximate surface area is 176 Å². The van der Waals surface area contributed by atoms with Crippen LogP contribution in [0.1, 0.15) is 30.0 Å². The molecule has 0 spiro atoms. The van der Waals surface area contributed by atoms with E-state index in [2.05, 4.69) is 91.2 Å². The molecule has 30 heavy (non-hydrogen) atoms. The number of fused-ring (bicyclic) bond motifs is 2. The Morgan fingerprint density at radius 1 is 0.833 bits per heavy atom. The summed E-state index contributed by atoms with van der Waals surface area (Å²) in [4.78, 5) is 4.93. The third kappa shape index (κ3) is 3.55. The zero-order chi connectivity index (χ0) is 20.5. The van der Waals surface area contributed by atoms with E-state index in [4.69, 9.17) is 9.72 Å². The van der Waals surface area contributed by atoms with Crippen molar-refractivity contribution in [1.82, 2.24) is 9.55 Å². The van der Waals surface area contributed by atoms with Gasteiger partial charge in [-0.1, -0.05) is 60.7 Å². The van der Waals surface area contributed by atoms with Crippen LogP contribution in [0.25, 0.3) is 21.8 Å². The topological polar surface area (TPSA) is 27.1 Å².